The largest absolute Gasteiger partial charge is 0.395 e. The summed E-state index contributed by atoms with van der Waals surface area (Å²) >= 11 is 0. The quantitative estimate of drug-likeness (QED) is 0.684. The molecule has 0 aromatic carbocycles. The van der Waals surface area contributed by atoms with Gasteiger partial charge in [-0.05, 0) is 26.8 Å². The summed E-state index contributed by atoms with van der Waals surface area (Å²) in [7, 11) is -3.35. The molecule has 6 nitrogen and oxygen atoms in total. The van der Waals surface area contributed by atoms with Gasteiger partial charge in [0.1, 0.15) is 0 Å². The third-order valence-corrected chi connectivity index (χ3v) is 4.50. The van der Waals surface area contributed by atoms with E-state index in [1.807, 2.05) is 13.8 Å². The third-order valence-electron chi connectivity index (χ3n) is 2.69. The fraction of sp³-hybridized carbons (Fsp3) is 1.00. The Kier molecular flexibility index (Phi) is 5.81. The van der Waals surface area contributed by atoms with E-state index in [9.17, 15) is 8.42 Å². The second-order valence-electron chi connectivity index (χ2n) is 4.60. The van der Waals surface area contributed by atoms with Gasteiger partial charge < -0.3 is 5.11 Å². The van der Waals surface area contributed by atoms with Crippen molar-refractivity contribution in [2.24, 2.45) is 0 Å². The van der Waals surface area contributed by atoms with Crippen LogP contribution in [0.4, 0.5) is 0 Å². The molecule has 0 spiro atoms. The molecule has 0 amide bonds. The van der Waals surface area contributed by atoms with Gasteiger partial charge in [-0.1, -0.05) is 0 Å². The summed E-state index contributed by atoms with van der Waals surface area (Å²) in [5.41, 5.74) is 0. The average Bonchev–Trinajstić information content (AvgIpc) is 2.42. The first kappa shape index (κ1) is 14.8. The molecule has 1 rings (SSSR count). The van der Waals surface area contributed by atoms with E-state index in [1.54, 1.807) is 0 Å². The SMILES string of the molecule is CC(C)NS(=O)(=O)N1CCCN(CCO)CC1. The van der Waals surface area contributed by atoms with Crippen molar-refractivity contribution < 1.29 is 13.5 Å². The highest BCUT2D eigenvalue weighted by molar-refractivity contribution is 7.87. The van der Waals surface area contributed by atoms with Crippen molar-refractivity contribution in [1.82, 2.24) is 13.9 Å². The second-order valence-corrected chi connectivity index (χ2v) is 6.30. The lowest BCUT2D eigenvalue weighted by molar-refractivity contribution is 0.202. The maximum Gasteiger partial charge on any atom is 0.279 e. The van der Waals surface area contributed by atoms with E-state index in [4.69, 9.17) is 5.11 Å². The van der Waals surface area contributed by atoms with Crippen molar-refractivity contribution in [1.29, 1.82) is 0 Å². The van der Waals surface area contributed by atoms with Crippen molar-refractivity contribution in [3.63, 3.8) is 0 Å². The lowest BCUT2D eigenvalue weighted by Crippen LogP contribution is -2.45. The van der Waals surface area contributed by atoms with Gasteiger partial charge in [0.05, 0.1) is 6.61 Å². The van der Waals surface area contributed by atoms with E-state index in [0.29, 0.717) is 26.2 Å². The maximum atomic E-state index is 12.0. The molecule has 1 aliphatic rings. The standard InChI is InChI=1S/C10H23N3O3S/c1-10(2)11-17(15,16)13-5-3-4-12(6-7-13)8-9-14/h10-11,14H,3-9H2,1-2H3. The molecular formula is C10H23N3O3S. The fourth-order valence-electron chi connectivity index (χ4n) is 1.93. The normalized spacial score (nSPS) is 20.7. The molecule has 1 aliphatic heterocycles. The van der Waals surface area contributed by atoms with Crippen LogP contribution in [0.15, 0.2) is 0 Å². The number of aliphatic hydroxyl groups is 1. The second kappa shape index (κ2) is 6.65. The predicted octanol–water partition coefficient (Wildman–Crippen LogP) is -0.771. The Morgan fingerprint density at radius 3 is 2.53 bits per heavy atom. The molecule has 0 aromatic rings. The van der Waals surface area contributed by atoms with Crippen LogP contribution in [0.5, 0.6) is 0 Å². The van der Waals surface area contributed by atoms with Crippen molar-refractivity contribution in [2.75, 3.05) is 39.3 Å². The zero-order valence-corrected chi connectivity index (χ0v) is 11.4. The van der Waals surface area contributed by atoms with Gasteiger partial charge >= 0.3 is 0 Å². The van der Waals surface area contributed by atoms with E-state index < -0.39 is 10.2 Å². The van der Waals surface area contributed by atoms with Gasteiger partial charge in [-0.2, -0.15) is 17.4 Å². The van der Waals surface area contributed by atoms with Gasteiger partial charge in [-0.3, -0.25) is 4.90 Å². The third kappa shape index (κ3) is 4.89. The van der Waals surface area contributed by atoms with Crippen LogP contribution in [0.3, 0.4) is 0 Å². The van der Waals surface area contributed by atoms with E-state index >= 15 is 0 Å². The average molecular weight is 265 g/mol. The molecule has 0 aliphatic carbocycles. The molecular weight excluding hydrogens is 242 g/mol. The molecule has 0 radical (unpaired) electrons. The van der Waals surface area contributed by atoms with Crippen molar-refractivity contribution in [3.05, 3.63) is 0 Å². The number of β-amino-alcohol motifs (C(OH)–C–C–N with tert-alkyl or cyclic N) is 1. The van der Waals surface area contributed by atoms with Crippen LogP contribution in [0.2, 0.25) is 0 Å². The molecule has 0 saturated carbocycles. The minimum Gasteiger partial charge on any atom is -0.395 e. The molecule has 17 heavy (non-hydrogen) atoms. The Morgan fingerprint density at radius 1 is 1.24 bits per heavy atom. The van der Waals surface area contributed by atoms with Crippen LogP contribution in [-0.2, 0) is 10.2 Å². The first-order valence-electron chi connectivity index (χ1n) is 6.06. The molecule has 1 fully saturated rings. The topological polar surface area (TPSA) is 72.9 Å². The fourth-order valence-corrected chi connectivity index (χ4v) is 3.36. The maximum absolute atomic E-state index is 12.0. The number of hydrogen-bond acceptors (Lipinski definition) is 4. The molecule has 0 unspecified atom stereocenters. The van der Waals surface area contributed by atoms with Crippen LogP contribution < -0.4 is 4.72 Å². The Bertz CT molecular complexity index is 319. The van der Waals surface area contributed by atoms with Crippen LogP contribution in [-0.4, -0.2) is 68.1 Å². The Balaban J connectivity index is 2.56. The first-order chi connectivity index (χ1) is 7.95. The molecule has 1 heterocycles. The molecule has 0 aromatic heterocycles. The van der Waals surface area contributed by atoms with Crippen LogP contribution >= 0.6 is 0 Å². The van der Waals surface area contributed by atoms with Crippen LogP contribution in [0, 0.1) is 0 Å². The Labute approximate surface area is 104 Å². The molecule has 2 N–H and O–H groups in total. The molecule has 7 heteroatoms. The predicted molar refractivity (Wildman–Crippen MR) is 66.9 cm³/mol. The monoisotopic (exact) mass is 265 g/mol. The first-order valence-corrected chi connectivity index (χ1v) is 7.50. The van der Waals surface area contributed by atoms with Gasteiger partial charge in [-0.25, -0.2) is 0 Å². The lowest BCUT2D eigenvalue weighted by Gasteiger charge is -2.22. The van der Waals surface area contributed by atoms with Gasteiger partial charge in [0.25, 0.3) is 10.2 Å². The van der Waals surface area contributed by atoms with Crippen LogP contribution in [0.1, 0.15) is 20.3 Å². The number of nitrogens with one attached hydrogen (secondary N) is 1. The van der Waals surface area contributed by atoms with E-state index in [1.165, 1.54) is 4.31 Å². The van der Waals surface area contributed by atoms with Gasteiger partial charge in [0.15, 0.2) is 0 Å². The highest BCUT2D eigenvalue weighted by Gasteiger charge is 2.25. The van der Waals surface area contributed by atoms with Gasteiger partial charge in [0, 0.05) is 32.2 Å². The summed E-state index contributed by atoms with van der Waals surface area (Å²) in [5, 5.41) is 8.87. The highest BCUT2D eigenvalue weighted by atomic mass is 32.2. The number of aliphatic hydroxyl groups excluding tert-OH is 1. The minimum absolute atomic E-state index is 0.0863. The summed E-state index contributed by atoms with van der Waals surface area (Å²) in [4.78, 5) is 2.09. The summed E-state index contributed by atoms with van der Waals surface area (Å²) in [6, 6.07) is -0.0863. The smallest absolute Gasteiger partial charge is 0.279 e. The summed E-state index contributed by atoms with van der Waals surface area (Å²) in [6.45, 7) is 6.92. The molecule has 0 bridgehead atoms. The van der Waals surface area contributed by atoms with E-state index in [2.05, 4.69) is 9.62 Å². The highest BCUT2D eigenvalue weighted by Crippen LogP contribution is 2.07. The zero-order chi connectivity index (χ0) is 12.9. The number of rotatable bonds is 5. The summed E-state index contributed by atoms with van der Waals surface area (Å²) in [5.74, 6) is 0. The van der Waals surface area contributed by atoms with E-state index in [-0.39, 0.29) is 12.6 Å². The van der Waals surface area contributed by atoms with E-state index in [0.717, 1.165) is 13.0 Å². The van der Waals surface area contributed by atoms with Gasteiger partial charge in [-0.15, -0.1) is 0 Å². The Morgan fingerprint density at radius 2 is 1.94 bits per heavy atom. The summed E-state index contributed by atoms with van der Waals surface area (Å²) in [6.07, 6.45) is 0.805. The van der Waals surface area contributed by atoms with Crippen molar-refractivity contribution in [3.8, 4) is 0 Å². The van der Waals surface area contributed by atoms with Crippen molar-refractivity contribution in [2.45, 2.75) is 26.3 Å². The lowest BCUT2D eigenvalue weighted by atomic mass is 10.4. The molecule has 1 saturated heterocycles. The van der Waals surface area contributed by atoms with Gasteiger partial charge in [0.2, 0.25) is 0 Å². The molecule has 0 atom stereocenters. The number of nitrogens with zero attached hydrogens (tertiary/aromatic N) is 2. The van der Waals surface area contributed by atoms with Crippen LogP contribution in [0.25, 0.3) is 0 Å². The number of hydrogen-bond donors (Lipinski definition) is 2. The summed E-state index contributed by atoms with van der Waals surface area (Å²) < 4.78 is 28.0. The molecule has 102 valence electrons. The Hall–Kier alpha value is -0.210. The van der Waals surface area contributed by atoms with Crippen molar-refractivity contribution >= 4 is 10.2 Å². The minimum atomic E-state index is -3.35. The zero-order valence-electron chi connectivity index (χ0n) is 10.6.